The minimum absolute atomic E-state index is 0. The van der Waals surface area contributed by atoms with Gasteiger partial charge in [-0.2, -0.15) is 0 Å². The van der Waals surface area contributed by atoms with Gasteiger partial charge in [0.25, 0.3) is 0 Å². The summed E-state index contributed by atoms with van der Waals surface area (Å²) in [5.74, 6) is 4.87. The Hall–Kier alpha value is -0.563. The number of esters is 1. The molecule has 0 amide bonds. The summed E-state index contributed by atoms with van der Waals surface area (Å²) in [6, 6.07) is 0. The van der Waals surface area contributed by atoms with Crippen molar-refractivity contribution in [2.45, 2.75) is 124 Å². The van der Waals surface area contributed by atoms with Crippen molar-refractivity contribution in [2.24, 2.45) is 46.3 Å². The molecule has 0 aliphatic heterocycles. The van der Waals surface area contributed by atoms with Crippen molar-refractivity contribution in [3.8, 4) is 0 Å². The second kappa shape index (κ2) is 13.0. The molecule has 3 fully saturated rings. The molecule has 0 aromatic carbocycles. The number of carbonyl (C=O) groups excluding carboxylic acids is 2. The first-order chi connectivity index (χ1) is 16.2. The molecule has 4 nitrogen and oxygen atoms in total. The van der Waals surface area contributed by atoms with Crippen LogP contribution < -0.4 is 18.9 Å². The van der Waals surface area contributed by atoms with E-state index in [0.29, 0.717) is 5.41 Å². The number of hydrogen-bond acceptors (Lipinski definition) is 4. The van der Waals surface area contributed by atoms with E-state index >= 15 is 0 Å². The zero-order valence-electron chi connectivity index (χ0n) is 24.0. The molecule has 0 aromatic heterocycles. The van der Waals surface area contributed by atoms with Crippen molar-refractivity contribution < 1.29 is 38.7 Å². The summed E-state index contributed by atoms with van der Waals surface area (Å²) in [6.07, 6.45) is 18.7. The number of ether oxygens (including phenoxy) is 1. The van der Waals surface area contributed by atoms with Crippen LogP contribution in [-0.2, 0) is 14.3 Å². The molecule has 36 heavy (non-hydrogen) atoms. The second-order valence-electron chi connectivity index (χ2n) is 13.3. The monoisotopic (exact) mass is 493 g/mol. The van der Waals surface area contributed by atoms with Crippen molar-refractivity contribution in [3.63, 3.8) is 0 Å². The molecule has 0 bridgehead atoms. The van der Waals surface area contributed by atoms with Crippen LogP contribution in [0.4, 0.5) is 0 Å². The Morgan fingerprint density at radius 2 is 1.83 bits per heavy atom. The first-order valence-corrected chi connectivity index (χ1v) is 14.4. The summed E-state index contributed by atoms with van der Waals surface area (Å²) >= 11 is 0. The Morgan fingerprint density at radius 1 is 1.08 bits per heavy atom. The minimum Gasteiger partial charge on any atom is -0.870 e. The maximum atomic E-state index is 12.1. The van der Waals surface area contributed by atoms with E-state index in [1.807, 2.05) is 0 Å². The summed E-state index contributed by atoms with van der Waals surface area (Å²) in [5, 5.41) is 0. The van der Waals surface area contributed by atoms with E-state index in [4.69, 9.17) is 4.74 Å². The van der Waals surface area contributed by atoms with E-state index in [9.17, 15) is 9.59 Å². The van der Waals surface area contributed by atoms with Gasteiger partial charge < -0.3 is 15.0 Å². The average molecular weight is 494 g/mol. The molecule has 4 rings (SSSR count). The third-order valence-electron chi connectivity index (χ3n) is 11.0. The van der Waals surface area contributed by atoms with E-state index in [2.05, 4.69) is 40.7 Å². The minimum atomic E-state index is -0.237. The average Bonchev–Trinajstić information content (AvgIpc) is 3.15. The van der Waals surface area contributed by atoms with E-state index < -0.39 is 0 Å². The fraction of sp³-hybridized carbons (Fsp3) is 0.871. The number of rotatable bonds is 9. The third-order valence-corrected chi connectivity index (χ3v) is 11.0. The topological polar surface area (TPSA) is 73.4 Å². The van der Waals surface area contributed by atoms with Gasteiger partial charge >= 0.3 is 24.8 Å². The molecule has 4 aliphatic rings. The first-order valence-electron chi connectivity index (χ1n) is 14.4. The summed E-state index contributed by atoms with van der Waals surface area (Å²) in [4.78, 5) is 22.5. The van der Waals surface area contributed by atoms with E-state index in [1.54, 1.807) is 11.9 Å². The predicted octanol–water partition coefficient (Wildman–Crippen LogP) is 4.66. The molecule has 3 saturated carbocycles. The zero-order chi connectivity index (χ0) is 24.5. The molecular weight excluding hydrogens is 443 g/mol. The van der Waals surface area contributed by atoms with Gasteiger partial charge in [0.2, 0.25) is 0 Å². The normalized spacial score (nSPS) is 37.8. The van der Waals surface area contributed by atoms with E-state index in [-0.39, 0.29) is 54.7 Å². The third kappa shape index (κ3) is 6.18. The summed E-state index contributed by atoms with van der Waals surface area (Å²) < 4.78 is 5.74. The summed E-state index contributed by atoms with van der Waals surface area (Å²) in [6.45, 7) is 12.5. The smallest absolute Gasteiger partial charge is 0.870 e. The second-order valence-corrected chi connectivity index (χ2v) is 13.3. The summed E-state index contributed by atoms with van der Waals surface area (Å²) in [5.41, 5.74) is 2.37. The van der Waals surface area contributed by atoms with Gasteiger partial charge in [-0.3, -0.25) is 11.1 Å². The quantitative estimate of drug-likeness (QED) is 0.203. The number of allylic oxidation sites excluding steroid dienone is 1. The molecule has 0 unspecified atom stereocenters. The van der Waals surface area contributed by atoms with Crippen molar-refractivity contribution in [1.29, 1.82) is 0 Å². The molecule has 5 heteroatoms. The van der Waals surface area contributed by atoms with E-state index in [1.165, 1.54) is 51.4 Å². The molecule has 0 saturated heterocycles. The zero-order valence-corrected chi connectivity index (χ0v) is 24.0. The first kappa shape index (κ1) is 31.7. The fourth-order valence-electron chi connectivity index (χ4n) is 9.15. The molecule has 8 atom stereocenters. The Bertz CT molecular complexity index is 779. The van der Waals surface area contributed by atoms with Gasteiger partial charge in [0.15, 0.2) is 0 Å². The molecule has 0 aromatic rings. The van der Waals surface area contributed by atoms with Gasteiger partial charge in [-0.05, 0) is 91.3 Å². The molecule has 0 spiro atoms. The van der Waals surface area contributed by atoms with Crippen LogP contribution in [-0.4, -0.2) is 23.8 Å². The number of carbonyl (C=O) groups is 1. The van der Waals surface area contributed by atoms with Crippen LogP contribution >= 0.6 is 0 Å². The van der Waals surface area contributed by atoms with Crippen LogP contribution in [0.5, 0.6) is 0 Å². The maximum Gasteiger partial charge on any atom is 1.00 e. The van der Waals surface area contributed by atoms with Crippen LogP contribution in [0.1, 0.15) is 118 Å². The molecular formula is C31H50LiO4-. The number of hydrogen-bond donors (Lipinski definition) is 0. The van der Waals surface area contributed by atoms with Gasteiger partial charge in [-0.25, -0.2) is 0 Å². The van der Waals surface area contributed by atoms with Crippen LogP contribution in [0.15, 0.2) is 11.6 Å². The molecule has 0 heterocycles. The molecule has 4 aliphatic carbocycles. The van der Waals surface area contributed by atoms with Crippen LogP contribution in [0.2, 0.25) is 0 Å². The Morgan fingerprint density at radius 3 is 2.53 bits per heavy atom. The van der Waals surface area contributed by atoms with Crippen molar-refractivity contribution >= 4 is 12.3 Å². The molecule has 200 valence electrons. The van der Waals surface area contributed by atoms with Crippen molar-refractivity contribution in [2.75, 3.05) is 0 Å². The van der Waals surface area contributed by atoms with Crippen molar-refractivity contribution in [1.82, 2.24) is 0 Å². The number of fused-ring (bicyclic) bond motifs is 5. The SMILES string of the molecule is CC(C)CCC[C@@H](C)[C@H]1CC[C@H]2[C@@H]3CC=C4C[C@@H](OC(=O)CC[C-]=O)CC[C@]4(C)[C@H]3CC[C@]12C.[Li+].[OH-]. The standard InChI is InChI=1S/C31H49O3.Li.H2O/c1-21(2)8-6-9-22(3)26-13-14-27-25-12-11-23-20-24(34-29(33)10-7-19-32)15-17-30(23,4)28(25)16-18-31(26,27)5;;/h11,21-22,24-28H,6-10,12-18,20H2,1-5H3;;1H2/q-1;+1;/p-1/t22-,24+,25+,26-,27+,28+,30+,31-;;/m1../s1. The maximum absolute atomic E-state index is 12.1. The van der Waals surface area contributed by atoms with Crippen LogP contribution in [0.25, 0.3) is 0 Å². The molecule has 0 radical (unpaired) electrons. The van der Waals surface area contributed by atoms with Gasteiger partial charge in [-0.1, -0.05) is 65.5 Å². The Kier molecular flexibility index (Phi) is 11.4. The van der Waals surface area contributed by atoms with Crippen LogP contribution in [0.3, 0.4) is 0 Å². The van der Waals surface area contributed by atoms with Gasteiger partial charge in [0, 0.05) is 12.8 Å². The van der Waals surface area contributed by atoms with Crippen molar-refractivity contribution in [3.05, 3.63) is 11.6 Å². The van der Waals surface area contributed by atoms with Gasteiger partial charge in [0.05, 0.1) is 0 Å². The molecule has 1 N–H and O–H groups in total. The van der Waals surface area contributed by atoms with Gasteiger partial charge in [-0.15, -0.1) is 6.42 Å². The Balaban J connectivity index is 0.00000228. The van der Waals surface area contributed by atoms with E-state index in [0.717, 1.165) is 54.8 Å². The Labute approximate surface area is 232 Å². The fourth-order valence-corrected chi connectivity index (χ4v) is 9.15. The largest absolute Gasteiger partial charge is 1.00 e. The predicted molar refractivity (Wildman–Crippen MR) is 140 cm³/mol. The summed E-state index contributed by atoms with van der Waals surface area (Å²) in [7, 11) is 0. The van der Waals surface area contributed by atoms with Gasteiger partial charge in [0.1, 0.15) is 6.10 Å². The van der Waals surface area contributed by atoms with Crippen LogP contribution in [0, 0.1) is 46.3 Å².